The number of hydrogen-bond acceptors (Lipinski definition) is 6. The number of halogens is 1. The van der Waals surface area contributed by atoms with Crippen molar-refractivity contribution in [2.24, 2.45) is 0 Å². The highest BCUT2D eigenvalue weighted by Crippen LogP contribution is 2.32. The van der Waals surface area contributed by atoms with Gasteiger partial charge in [-0.15, -0.1) is 0 Å². The second-order valence-corrected chi connectivity index (χ2v) is 6.14. The molecule has 1 unspecified atom stereocenters. The molecule has 2 aromatic rings. The van der Waals surface area contributed by atoms with Crippen molar-refractivity contribution in [1.29, 1.82) is 0 Å². The lowest BCUT2D eigenvalue weighted by Crippen LogP contribution is -2.19. The van der Waals surface area contributed by atoms with E-state index in [9.17, 15) is 0 Å². The summed E-state index contributed by atoms with van der Waals surface area (Å²) >= 11 is 6.14. The highest BCUT2D eigenvalue weighted by atomic mass is 35.5. The number of anilines is 3. The number of nitrogens with zero attached hydrogens (tertiary/aromatic N) is 2. The van der Waals surface area contributed by atoms with Crippen molar-refractivity contribution in [3.8, 4) is 5.75 Å². The first-order chi connectivity index (χ1) is 11.7. The molecule has 2 N–H and O–H groups in total. The molecule has 1 fully saturated rings. The molecule has 0 radical (unpaired) electrons. The Morgan fingerprint density at radius 1 is 1.29 bits per heavy atom. The Hall–Kier alpha value is -2.05. The van der Waals surface area contributed by atoms with Crippen LogP contribution in [0.25, 0.3) is 0 Å². The summed E-state index contributed by atoms with van der Waals surface area (Å²) in [6, 6.07) is 5.58. The minimum Gasteiger partial charge on any atom is -0.495 e. The fourth-order valence-electron chi connectivity index (χ4n) is 2.61. The molecule has 0 spiro atoms. The van der Waals surface area contributed by atoms with Crippen LogP contribution in [0, 0.1) is 6.92 Å². The van der Waals surface area contributed by atoms with Crippen LogP contribution >= 0.6 is 11.6 Å². The lowest BCUT2D eigenvalue weighted by atomic mass is 10.2. The van der Waals surface area contributed by atoms with Crippen molar-refractivity contribution in [3.63, 3.8) is 0 Å². The van der Waals surface area contributed by atoms with Crippen molar-refractivity contribution < 1.29 is 9.47 Å². The van der Waals surface area contributed by atoms with Crippen LogP contribution in [0.15, 0.2) is 24.5 Å². The first-order valence-corrected chi connectivity index (χ1v) is 8.32. The van der Waals surface area contributed by atoms with Gasteiger partial charge in [0.1, 0.15) is 23.7 Å². The third-order valence-corrected chi connectivity index (χ3v) is 4.35. The molecular weight excluding hydrogens is 328 g/mol. The summed E-state index contributed by atoms with van der Waals surface area (Å²) < 4.78 is 11.0. The number of hydrogen-bond donors (Lipinski definition) is 2. The highest BCUT2D eigenvalue weighted by Gasteiger charge is 2.15. The summed E-state index contributed by atoms with van der Waals surface area (Å²) in [6.45, 7) is 3.54. The van der Waals surface area contributed by atoms with Crippen LogP contribution in [0.2, 0.25) is 5.02 Å². The van der Waals surface area contributed by atoms with E-state index in [2.05, 4.69) is 20.6 Å². The average molecular weight is 349 g/mol. The molecular formula is C17H21ClN4O2. The van der Waals surface area contributed by atoms with E-state index in [-0.39, 0.29) is 6.10 Å². The zero-order valence-corrected chi connectivity index (χ0v) is 14.6. The molecule has 1 atom stereocenters. The molecule has 7 heteroatoms. The van der Waals surface area contributed by atoms with Gasteiger partial charge in [-0.05, 0) is 31.4 Å². The Morgan fingerprint density at radius 2 is 2.12 bits per heavy atom. The van der Waals surface area contributed by atoms with E-state index in [1.165, 1.54) is 6.33 Å². The Kier molecular flexibility index (Phi) is 5.37. The largest absolute Gasteiger partial charge is 0.495 e. The van der Waals surface area contributed by atoms with E-state index < -0.39 is 0 Å². The third kappa shape index (κ3) is 4.07. The quantitative estimate of drug-likeness (QED) is 0.828. The van der Waals surface area contributed by atoms with Crippen LogP contribution in [0.3, 0.4) is 0 Å². The van der Waals surface area contributed by atoms with Crippen molar-refractivity contribution in [2.45, 2.75) is 25.9 Å². The number of benzene rings is 1. The standard InChI is InChI=1S/C17H21ClN4O2/c1-11-6-14(15(23-2)7-13(11)18)22-17-8-16(20-10-21-17)19-9-12-4-3-5-24-12/h6-8,10,12H,3-5,9H2,1-2H3,(H2,19,20,21,22). The summed E-state index contributed by atoms with van der Waals surface area (Å²) in [7, 11) is 1.61. The van der Waals surface area contributed by atoms with E-state index in [1.54, 1.807) is 13.2 Å². The molecule has 3 rings (SSSR count). The van der Waals surface area contributed by atoms with Gasteiger partial charge < -0.3 is 20.1 Å². The van der Waals surface area contributed by atoms with E-state index in [4.69, 9.17) is 21.1 Å². The zero-order chi connectivity index (χ0) is 16.9. The lowest BCUT2D eigenvalue weighted by Gasteiger charge is -2.14. The van der Waals surface area contributed by atoms with Gasteiger partial charge in [-0.25, -0.2) is 9.97 Å². The number of rotatable bonds is 6. The average Bonchev–Trinajstić information content (AvgIpc) is 3.10. The Bertz CT molecular complexity index is 705. The number of ether oxygens (including phenoxy) is 2. The molecule has 1 aliphatic rings. The fraction of sp³-hybridized carbons (Fsp3) is 0.412. The van der Waals surface area contributed by atoms with Crippen LogP contribution in [-0.2, 0) is 4.74 Å². The molecule has 0 amide bonds. The van der Waals surface area contributed by atoms with Gasteiger partial charge in [0, 0.05) is 30.3 Å². The van der Waals surface area contributed by atoms with Crippen molar-refractivity contribution in [1.82, 2.24) is 9.97 Å². The molecule has 6 nitrogen and oxygen atoms in total. The van der Waals surface area contributed by atoms with E-state index in [0.717, 1.165) is 43.1 Å². The number of nitrogens with one attached hydrogen (secondary N) is 2. The molecule has 1 aromatic heterocycles. The predicted octanol–water partition coefficient (Wildman–Crippen LogP) is 3.78. The molecule has 0 aliphatic carbocycles. The first-order valence-electron chi connectivity index (χ1n) is 7.94. The molecule has 2 heterocycles. The molecule has 0 bridgehead atoms. The van der Waals surface area contributed by atoms with Gasteiger partial charge in [0.05, 0.1) is 18.9 Å². The minimum absolute atomic E-state index is 0.260. The van der Waals surface area contributed by atoms with Gasteiger partial charge in [0.2, 0.25) is 0 Å². The van der Waals surface area contributed by atoms with Crippen LogP contribution < -0.4 is 15.4 Å². The number of methoxy groups -OCH3 is 1. The topological polar surface area (TPSA) is 68.3 Å². The van der Waals surface area contributed by atoms with E-state index in [1.807, 2.05) is 19.1 Å². The molecule has 0 saturated carbocycles. The SMILES string of the molecule is COc1cc(Cl)c(C)cc1Nc1cc(NCC2CCCO2)ncn1. The Labute approximate surface area is 146 Å². The molecule has 1 aliphatic heterocycles. The van der Waals surface area contributed by atoms with Crippen LogP contribution in [0.5, 0.6) is 5.75 Å². The molecule has 1 aromatic carbocycles. The van der Waals surface area contributed by atoms with E-state index in [0.29, 0.717) is 16.6 Å². The molecule has 1 saturated heterocycles. The van der Waals surface area contributed by atoms with Gasteiger partial charge in [-0.3, -0.25) is 0 Å². The summed E-state index contributed by atoms with van der Waals surface area (Å²) in [6.07, 6.45) is 3.99. The normalized spacial score (nSPS) is 16.9. The lowest BCUT2D eigenvalue weighted by molar-refractivity contribution is 0.120. The van der Waals surface area contributed by atoms with E-state index >= 15 is 0 Å². The number of aryl methyl sites for hydroxylation is 1. The van der Waals surface area contributed by atoms with Gasteiger partial charge in [-0.1, -0.05) is 11.6 Å². The Balaban J connectivity index is 1.71. The molecule has 24 heavy (non-hydrogen) atoms. The van der Waals surface area contributed by atoms with Crippen molar-refractivity contribution in [3.05, 3.63) is 35.1 Å². The molecule has 128 valence electrons. The second-order valence-electron chi connectivity index (χ2n) is 5.73. The van der Waals surface area contributed by atoms with Crippen LogP contribution in [0.4, 0.5) is 17.3 Å². The maximum atomic E-state index is 6.14. The third-order valence-electron chi connectivity index (χ3n) is 3.95. The van der Waals surface area contributed by atoms with Crippen LogP contribution in [-0.4, -0.2) is 36.3 Å². The van der Waals surface area contributed by atoms with Crippen molar-refractivity contribution >= 4 is 28.9 Å². The maximum absolute atomic E-state index is 6.14. The predicted molar refractivity (Wildman–Crippen MR) is 95.5 cm³/mol. The summed E-state index contributed by atoms with van der Waals surface area (Å²) in [4.78, 5) is 8.51. The summed E-state index contributed by atoms with van der Waals surface area (Å²) in [5.74, 6) is 2.10. The monoisotopic (exact) mass is 348 g/mol. The first kappa shape index (κ1) is 16.8. The zero-order valence-electron chi connectivity index (χ0n) is 13.8. The van der Waals surface area contributed by atoms with Gasteiger partial charge >= 0.3 is 0 Å². The number of aromatic nitrogens is 2. The van der Waals surface area contributed by atoms with Crippen LogP contribution in [0.1, 0.15) is 18.4 Å². The van der Waals surface area contributed by atoms with Crippen molar-refractivity contribution in [2.75, 3.05) is 30.9 Å². The highest BCUT2D eigenvalue weighted by molar-refractivity contribution is 6.31. The van der Waals surface area contributed by atoms with Gasteiger partial charge in [0.15, 0.2) is 0 Å². The maximum Gasteiger partial charge on any atom is 0.143 e. The summed E-state index contributed by atoms with van der Waals surface area (Å²) in [5, 5.41) is 7.21. The second kappa shape index (κ2) is 7.68. The Morgan fingerprint density at radius 3 is 2.88 bits per heavy atom. The minimum atomic E-state index is 0.260. The summed E-state index contributed by atoms with van der Waals surface area (Å²) in [5.41, 5.74) is 1.77. The smallest absolute Gasteiger partial charge is 0.143 e. The van der Waals surface area contributed by atoms with Gasteiger partial charge in [-0.2, -0.15) is 0 Å². The van der Waals surface area contributed by atoms with Gasteiger partial charge in [0.25, 0.3) is 0 Å². The fourth-order valence-corrected chi connectivity index (χ4v) is 2.77.